The Bertz CT molecular complexity index is 1380. The SMILES string of the molecule is CCOC(=O)/C(=C/c1sc2cc(OC)c(OC)cc2c1Oc1ccc(OC)cc1)c1ccc(C)cc1. The molecule has 3 aromatic carbocycles. The van der Waals surface area contributed by atoms with E-state index in [4.69, 9.17) is 23.7 Å². The molecule has 0 spiro atoms. The molecule has 7 heteroatoms. The van der Waals surface area contributed by atoms with Crippen LogP contribution in [0.5, 0.6) is 28.7 Å². The number of ether oxygens (including phenoxy) is 5. The monoisotopic (exact) mass is 504 g/mol. The van der Waals surface area contributed by atoms with Crippen molar-refractivity contribution in [2.75, 3.05) is 27.9 Å². The molecule has 0 atom stereocenters. The van der Waals surface area contributed by atoms with Crippen molar-refractivity contribution in [1.82, 2.24) is 0 Å². The largest absolute Gasteiger partial charge is 0.497 e. The van der Waals surface area contributed by atoms with Crippen molar-refractivity contribution < 1.29 is 28.5 Å². The van der Waals surface area contributed by atoms with Gasteiger partial charge < -0.3 is 23.7 Å². The third-order valence-electron chi connectivity index (χ3n) is 5.59. The van der Waals surface area contributed by atoms with E-state index in [1.807, 2.05) is 73.7 Å². The summed E-state index contributed by atoms with van der Waals surface area (Å²) in [5.41, 5.74) is 2.32. The molecular formula is C29H28O6S. The Balaban J connectivity index is 1.92. The molecule has 0 aliphatic carbocycles. The minimum absolute atomic E-state index is 0.276. The number of rotatable bonds is 9. The highest BCUT2D eigenvalue weighted by molar-refractivity contribution is 7.20. The zero-order valence-corrected chi connectivity index (χ0v) is 21.7. The molecular weight excluding hydrogens is 476 g/mol. The van der Waals surface area contributed by atoms with Gasteiger partial charge in [-0.1, -0.05) is 29.8 Å². The summed E-state index contributed by atoms with van der Waals surface area (Å²) in [6.07, 6.45) is 1.82. The third kappa shape index (κ3) is 5.31. The van der Waals surface area contributed by atoms with Gasteiger partial charge in [0.25, 0.3) is 0 Å². The first-order valence-electron chi connectivity index (χ1n) is 11.4. The minimum Gasteiger partial charge on any atom is -0.497 e. The van der Waals surface area contributed by atoms with Gasteiger partial charge in [0.05, 0.1) is 38.4 Å². The number of fused-ring (bicyclic) bond motifs is 1. The van der Waals surface area contributed by atoms with E-state index >= 15 is 0 Å². The molecule has 0 amide bonds. The molecule has 4 rings (SSSR count). The number of hydrogen-bond acceptors (Lipinski definition) is 7. The first kappa shape index (κ1) is 25.1. The molecule has 0 fully saturated rings. The van der Waals surface area contributed by atoms with Crippen molar-refractivity contribution in [2.24, 2.45) is 0 Å². The molecule has 0 saturated carbocycles. The summed E-state index contributed by atoms with van der Waals surface area (Å²) in [5, 5.41) is 0.840. The second-order valence-electron chi connectivity index (χ2n) is 7.92. The number of esters is 1. The van der Waals surface area contributed by atoms with Crippen LogP contribution in [0.4, 0.5) is 0 Å². The second kappa shape index (κ2) is 11.2. The standard InChI is InChI=1S/C29H28O6S/c1-6-34-29(30)22(19-9-7-18(2)8-10-19)16-27-28(35-21-13-11-20(31-3)12-14-21)23-15-24(32-4)25(33-5)17-26(23)36-27/h7-17H,6H2,1-5H3/b22-16+. The van der Waals surface area contributed by atoms with Crippen molar-refractivity contribution in [3.05, 3.63) is 76.7 Å². The van der Waals surface area contributed by atoms with Gasteiger partial charge in [-0.15, -0.1) is 11.3 Å². The van der Waals surface area contributed by atoms with Crippen molar-refractivity contribution in [3.63, 3.8) is 0 Å². The van der Waals surface area contributed by atoms with E-state index in [2.05, 4.69) is 0 Å². The smallest absolute Gasteiger partial charge is 0.338 e. The molecule has 186 valence electrons. The van der Waals surface area contributed by atoms with Gasteiger partial charge in [0, 0.05) is 16.2 Å². The molecule has 0 aliphatic rings. The lowest BCUT2D eigenvalue weighted by molar-refractivity contribution is -0.136. The van der Waals surface area contributed by atoms with Gasteiger partial charge in [-0.05, 0) is 55.8 Å². The Kier molecular flexibility index (Phi) is 7.80. The molecule has 36 heavy (non-hydrogen) atoms. The molecule has 0 N–H and O–H groups in total. The molecule has 0 radical (unpaired) electrons. The average Bonchev–Trinajstić information content (AvgIpc) is 3.23. The summed E-state index contributed by atoms with van der Waals surface area (Å²) in [5.74, 6) is 2.77. The fourth-order valence-corrected chi connectivity index (χ4v) is 4.80. The fraction of sp³-hybridized carbons (Fsp3) is 0.207. The summed E-state index contributed by atoms with van der Waals surface area (Å²) in [4.78, 5) is 13.8. The Morgan fingerprint density at radius 1 is 0.861 bits per heavy atom. The Labute approximate surface area is 214 Å². The zero-order valence-electron chi connectivity index (χ0n) is 20.9. The maximum atomic E-state index is 13.0. The van der Waals surface area contributed by atoms with Crippen molar-refractivity contribution in [3.8, 4) is 28.7 Å². The van der Waals surface area contributed by atoms with Crippen LogP contribution in [-0.4, -0.2) is 33.9 Å². The van der Waals surface area contributed by atoms with E-state index in [1.54, 1.807) is 28.3 Å². The topological polar surface area (TPSA) is 63.2 Å². The highest BCUT2D eigenvalue weighted by Crippen LogP contribution is 2.46. The Hall–Kier alpha value is -3.97. The van der Waals surface area contributed by atoms with Crippen LogP contribution in [0.2, 0.25) is 0 Å². The lowest BCUT2D eigenvalue weighted by Crippen LogP contribution is -2.06. The first-order chi connectivity index (χ1) is 17.5. The van der Waals surface area contributed by atoms with E-state index in [9.17, 15) is 4.79 Å². The van der Waals surface area contributed by atoms with Crippen LogP contribution in [0, 0.1) is 6.92 Å². The van der Waals surface area contributed by atoms with Crippen molar-refractivity contribution in [2.45, 2.75) is 13.8 Å². The Morgan fingerprint density at radius 2 is 1.50 bits per heavy atom. The molecule has 4 aromatic rings. The van der Waals surface area contributed by atoms with E-state index < -0.39 is 5.97 Å². The molecule has 0 aliphatic heterocycles. The van der Waals surface area contributed by atoms with Crippen LogP contribution in [0.3, 0.4) is 0 Å². The van der Waals surface area contributed by atoms with Crippen LogP contribution >= 0.6 is 11.3 Å². The quantitative estimate of drug-likeness (QED) is 0.178. The molecule has 0 bridgehead atoms. The minimum atomic E-state index is -0.399. The van der Waals surface area contributed by atoms with Gasteiger partial charge in [-0.3, -0.25) is 0 Å². The van der Waals surface area contributed by atoms with Gasteiger partial charge >= 0.3 is 5.97 Å². The van der Waals surface area contributed by atoms with Gasteiger partial charge in [0.2, 0.25) is 0 Å². The summed E-state index contributed by atoms with van der Waals surface area (Å²) in [6.45, 7) is 4.07. The number of carbonyl (C=O) groups excluding carboxylic acids is 1. The molecule has 6 nitrogen and oxygen atoms in total. The second-order valence-corrected chi connectivity index (χ2v) is 9.00. The maximum Gasteiger partial charge on any atom is 0.338 e. The van der Waals surface area contributed by atoms with Crippen molar-refractivity contribution in [1.29, 1.82) is 0 Å². The summed E-state index contributed by atoms with van der Waals surface area (Å²) in [6, 6.07) is 18.9. The lowest BCUT2D eigenvalue weighted by Gasteiger charge is -2.11. The van der Waals surface area contributed by atoms with E-state index in [1.165, 1.54) is 11.3 Å². The molecule has 1 aromatic heterocycles. The van der Waals surface area contributed by atoms with Crippen LogP contribution in [0.1, 0.15) is 22.9 Å². The van der Waals surface area contributed by atoms with Crippen molar-refractivity contribution >= 4 is 39.0 Å². The van der Waals surface area contributed by atoms with Gasteiger partial charge in [0.15, 0.2) is 17.2 Å². The van der Waals surface area contributed by atoms with E-state index in [0.717, 1.165) is 31.8 Å². The number of aryl methyl sites for hydroxylation is 1. The van der Waals surface area contributed by atoms with Gasteiger partial charge in [-0.2, -0.15) is 0 Å². The van der Waals surface area contributed by atoms with Gasteiger partial charge in [-0.25, -0.2) is 4.79 Å². The predicted molar refractivity (Wildman–Crippen MR) is 144 cm³/mol. The molecule has 0 unspecified atom stereocenters. The third-order valence-corrected chi connectivity index (χ3v) is 6.67. The molecule has 1 heterocycles. The highest BCUT2D eigenvalue weighted by atomic mass is 32.1. The summed E-state index contributed by atoms with van der Waals surface area (Å²) >= 11 is 1.49. The first-order valence-corrected chi connectivity index (χ1v) is 12.2. The van der Waals surface area contributed by atoms with Gasteiger partial charge in [0.1, 0.15) is 11.5 Å². The zero-order chi connectivity index (χ0) is 25.7. The summed E-state index contributed by atoms with van der Waals surface area (Å²) in [7, 11) is 4.81. The normalized spacial score (nSPS) is 11.3. The maximum absolute atomic E-state index is 13.0. The van der Waals surface area contributed by atoms with Crippen LogP contribution in [-0.2, 0) is 9.53 Å². The fourth-order valence-electron chi connectivity index (χ4n) is 3.71. The number of thiophene rings is 1. The Morgan fingerprint density at radius 3 is 2.11 bits per heavy atom. The van der Waals surface area contributed by atoms with E-state index in [0.29, 0.717) is 28.6 Å². The average molecular weight is 505 g/mol. The lowest BCUT2D eigenvalue weighted by atomic mass is 10.0. The highest BCUT2D eigenvalue weighted by Gasteiger charge is 2.21. The number of methoxy groups -OCH3 is 3. The predicted octanol–water partition coefficient (Wildman–Crippen LogP) is 7.13. The number of hydrogen-bond donors (Lipinski definition) is 0. The molecule has 0 saturated heterocycles. The van der Waals surface area contributed by atoms with Crippen LogP contribution < -0.4 is 18.9 Å². The van der Waals surface area contributed by atoms with E-state index in [-0.39, 0.29) is 6.61 Å². The number of carbonyl (C=O) groups is 1. The van der Waals surface area contributed by atoms with Crippen LogP contribution in [0.25, 0.3) is 21.7 Å². The van der Waals surface area contributed by atoms with Crippen LogP contribution in [0.15, 0.2) is 60.7 Å². The number of benzene rings is 3. The summed E-state index contributed by atoms with van der Waals surface area (Å²) < 4.78 is 29.0.